The maximum Gasteiger partial charge on any atom is 0.317 e. The lowest BCUT2D eigenvalue weighted by Crippen LogP contribution is -2.48. The molecule has 1 fully saturated rings. The van der Waals surface area contributed by atoms with E-state index in [4.69, 9.17) is 11.6 Å². The third-order valence-corrected chi connectivity index (χ3v) is 5.58. The van der Waals surface area contributed by atoms with Crippen LogP contribution in [0.5, 0.6) is 0 Å². The van der Waals surface area contributed by atoms with Gasteiger partial charge in [-0.25, -0.2) is 0 Å². The SMILES string of the molecule is O=C(O)CN1CCN(CC(=O)O)CCN(Cc2cc(Cl)cc[n+]2[O-])CCN(CC(=O)O)CC1. The third kappa shape index (κ3) is 10.3. The van der Waals surface area contributed by atoms with Crippen molar-refractivity contribution in [2.75, 3.05) is 72.0 Å². The molecule has 1 saturated heterocycles. The summed E-state index contributed by atoms with van der Waals surface area (Å²) in [6.07, 6.45) is 1.32. The molecule has 0 amide bonds. The number of aromatic nitrogens is 1. The molecule has 0 unspecified atom stereocenters. The van der Waals surface area contributed by atoms with E-state index in [0.717, 1.165) is 4.73 Å². The smallest absolute Gasteiger partial charge is 0.317 e. The van der Waals surface area contributed by atoms with Crippen LogP contribution in [0, 0.1) is 5.21 Å². The van der Waals surface area contributed by atoms with Crippen LogP contribution < -0.4 is 4.73 Å². The van der Waals surface area contributed by atoms with Gasteiger partial charge in [-0.15, -0.1) is 0 Å². The molecule has 0 radical (unpaired) electrons. The number of aliphatic carboxylic acids is 3. The molecule has 1 aliphatic rings. The van der Waals surface area contributed by atoms with Crippen molar-refractivity contribution in [1.29, 1.82) is 0 Å². The van der Waals surface area contributed by atoms with Crippen molar-refractivity contribution in [2.45, 2.75) is 6.54 Å². The molecule has 1 aromatic rings. The number of hydrogen-bond acceptors (Lipinski definition) is 8. The van der Waals surface area contributed by atoms with E-state index in [-0.39, 0.29) is 26.2 Å². The molecule has 2 rings (SSSR count). The van der Waals surface area contributed by atoms with Gasteiger partial charge in [-0.3, -0.25) is 34.0 Å². The Morgan fingerprint density at radius 2 is 1.15 bits per heavy atom. The summed E-state index contributed by atoms with van der Waals surface area (Å²) in [6, 6.07) is 3.05. The minimum atomic E-state index is -1.00. The molecule has 0 atom stereocenters. The van der Waals surface area contributed by atoms with Gasteiger partial charge in [0.1, 0.15) is 0 Å². The molecular formula is C20H30ClN5O7. The fourth-order valence-corrected chi connectivity index (χ4v) is 3.82. The first-order chi connectivity index (χ1) is 15.6. The highest BCUT2D eigenvalue weighted by molar-refractivity contribution is 6.30. The molecule has 33 heavy (non-hydrogen) atoms. The summed E-state index contributed by atoms with van der Waals surface area (Å²) < 4.78 is 0.718. The number of nitrogens with zero attached hydrogens (tertiary/aromatic N) is 5. The Balaban J connectivity index is 2.20. The molecule has 2 heterocycles. The van der Waals surface area contributed by atoms with Gasteiger partial charge in [0.2, 0.25) is 5.69 Å². The Bertz CT molecular complexity index is 796. The average molecular weight is 488 g/mol. The van der Waals surface area contributed by atoms with Crippen LogP contribution in [0.15, 0.2) is 18.3 Å². The first kappa shape index (κ1) is 26.7. The fraction of sp³-hybridized carbons (Fsp3) is 0.600. The number of pyridine rings is 1. The molecule has 0 saturated carbocycles. The monoisotopic (exact) mass is 487 g/mol. The summed E-state index contributed by atoms with van der Waals surface area (Å²) in [5, 5.41) is 40.3. The van der Waals surface area contributed by atoms with Gasteiger partial charge >= 0.3 is 17.9 Å². The fourth-order valence-electron chi connectivity index (χ4n) is 3.63. The molecule has 184 valence electrons. The predicted octanol–water partition coefficient (Wildman–Crippen LogP) is -1.05. The van der Waals surface area contributed by atoms with E-state index in [1.54, 1.807) is 20.8 Å². The van der Waals surface area contributed by atoms with Gasteiger partial charge in [-0.2, -0.15) is 4.73 Å². The van der Waals surface area contributed by atoms with Crippen LogP contribution >= 0.6 is 11.6 Å². The lowest BCUT2D eigenvalue weighted by atomic mass is 10.3. The maximum absolute atomic E-state index is 12.2. The summed E-state index contributed by atoms with van der Waals surface area (Å²) in [6.45, 7) is 2.61. The number of halogens is 1. The molecule has 1 aliphatic heterocycles. The van der Waals surface area contributed by atoms with Gasteiger partial charge in [0, 0.05) is 64.5 Å². The Kier molecular flexibility index (Phi) is 10.7. The minimum absolute atomic E-state index is 0.196. The zero-order chi connectivity index (χ0) is 24.4. The Morgan fingerprint density at radius 1 is 0.788 bits per heavy atom. The van der Waals surface area contributed by atoms with Gasteiger partial charge < -0.3 is 20.5 Å². The van der Waals surface area contributed by atoms with Gasteiger partial charge in [0.05, 0.1) is 31.2 Å². The minimum Gasteiger partial charge on any atom is -0.618 e. The summed E-state index contributed by atoms with van der Waals surface area (Å²) in [4.78, 5) is 41.0. The average Bonchev–Trinajstić information content (AvgIpc) is 2.71. The van der Waals surface area contributed by atoms with Crippen LogP contribution in [0.1, 0.15) is 5.69 Å². The number of rotatable bonds is 8. The summed E-state index contributed by atoms with van der Waals surface area (Å²) in [5.41, 5.74) is 0.428. The van der Waals surface area contributed by atoms with Crippen LogP contribution in [0.4, 0.5) is 0 Å². The van der Waals surface area contributed by atoms with E-state index >= 15 is 0 Å². The summed E-state index contributed by atoms with van der Waals surface area (Å²) in [7, 11) is 0. The summed E-state index contributed by atoms with van der Waals surface area (Å²) in [5.74, 6) is -2.98. The normalized spacial score (nSPS) is 18.3. The Labute approximate surface area is 196 Å². The van der Waals surface area contributed by atoms with Gasteiger partial charge in [0.15, 0.2) is 6.20 Å². The Hall–Kier alpha value is -2.51. The number of carboxylic acids is 3. The van der Waals surface area contributed by atoms with E-state index < -0.39 is 17.9 Å². The predicted molar refractivity (Wildman–Crippen MR) is 118 cm³/mol. The lowest BCUT2D eigenvalue weighted by molar-refractivity contribution is -0.615. The van der Waals surface area contributed by atoms with Gasteiger partial charge in [0.25, 0.3) is 0 Å². The van der Waals surface area contributed by atoms with Crippen molar-refractivity contribution >= 4 is 29.5 Å². The standard InChI is InChI=1S/C20H30ClN5O7/c21-16-1-2-26(33)17(11-16)12-22-3-5-23(13-18(27)28)7-9-25(15-20(31)32)10-8-24(6-4-22)14-19(29)30/h1-2,11H,3-10,12-15H2,(H,27,28)(H,29,30)(H,31,32). The van der Waals surface area contributed by atoms with Crippen molar-refractivity contribution in [1.82, 2.24) is 19.6 Å². The second-order valence-electron chi connectivity index (χ2n) is 7.95. The highest BCUT2D eigenvalue weighted by Gasteiger charge is 2.21. The van der Waals surface area contributed by atoms with Crippen LogP contribution in [0.25, 0.3) is 0 Å². The zero-order valence-electron chi connectivity index (χ0n) is 18.3. The molecule has 0 spiro atoms. The van der Waals surface area contributed by atoms with Crippen LogP contribution in [0.2, 0.25) is 5.02 Å². The Morgan fingerprint density at radius 3 is 1.52 bits per heavy atom. The number of carboxylic acid groups (broad SMARTS) is 3. The molecular weight excluding hydrogens is 458 g/mol. The van der Waals surface area contributed by atoms with Crippen LogP contribution in [-0.4, -0.2) is 125 Å². The lowest BCUT2D eigenvalue weighted by Gasteiger charge is -2.32. The van der Waals surface area contributed by atoms with Crippen molar-refractivity contribution in [3.63, 3.8) is 0 Å². The van der Waals surface area contributed by atoms with Crippen molar-refractivity contribution in [3.8, 4) is 0 Å². The van der Waals surface area contributed by atoms with Crippen LogP contribution in [0.3, 0.4) is 0 Å². The molecule has 3 N–H and O–H groups in total. The van der Waals surface area contributed by atoms with Crippen LogP contribution in [-0.2, 0) is 20.9 Å². The van der Waals surface area contributed by atoms with Crippen molar-refractivity contribution in [3.05, 3.63) is 34.3 Å². The van der Waals surface area contributed by atoms with E-state index in [9.17, 15) is 34.9 Å². The quantitative estimate of drug-likeness (QED) is 0.304. The van der Waals surface area contributed by atoms with Crippen molar-refractivity contribution in [2.24, 2.45) is 0 Å². The second kappa shape index (κ2) is 13.3. The molecule has 0 aromatic carbocycles. The van der Waals surface area contributed by atoms with E-state index in [2.05, 4.69) is 0 Å². The largest absolute Gasteiger partial charge is 0.618 e. The van der Waals surface area contributed by atoms with Crippen molar-refractivity contribution < 1.29 is 34.4 Å². The summed E-state index contributed by atoms with van der Waals surface area (Å²) >= 11 is 6.03. The number of hydrogen-bond donors (Lipinski definition) is 3. The first-order valence-corrected chi connectivity index (χ1v) is 10.9. The number of carbonyl (C=O) groups is 3. The van der Waals surface area contributed by atoms with E-state index in [1.165, 1.54) is 12.3 Å². The second-order valence-corrected chi connectivity index (χ2v) is 8.38. The van der Waals surface area contributed by atoms with Gasteiger partial charge in [-0.05, 0) is 0 Å². The highest BCUT2D eigenvalue weighted by Crippen LogP contribution is 2.10. The van der Waals surface area contributed by atoms with E-state index in [1.807, 2.05) is 4.90 Å². The topological polar surface area (TPSA) is 152 Å². The molecule has 12 nitrogen and oxygen atoms in total. The molecule has 0 bridgehead atoms. The van der Waals surface area contributed by atoms with E-state index in [0.29, 0.717) is 63.1 Å². The zero-order valence-corrected chi connectivity index (χ0v) is 19.1. The molecule has 13 heteroatoms. The maximum atomic E-state index is 12.2. The third-order valence-electron chi connectivity index (χ3n) is 5.35. The molecule has 0 aliphatic carbocycles. The molecule has 1 aromatic heterocycles. The van der Waals surface area contributed by atoms with Gasteiger partial charge in [-0.1, -0.05) is 11.6 Å². The highest BCUT2D eigenvalue weighted by atomic mass is 35.5. The first-order valence-electron chi connectivity index (χ1n) is 10.5.